The fourth-order valence-electron chi connectivity index (χ4n) is 1.87. The number of para-hydroxylation sites is 1. The molecule has 0 unspecified atom stereocenters. The van der Waals surface area contributed by atoms with E-state index in [4.69, 9.17) is 0 Å². The molecule has 3 rings (SSSR count). The van der Waals surface area contributed by atoms with Gasteiger partial charge in [-0.25, -0.2) is 4.98 Å². The highest BCUT2D eigenvalue weighted by Gasteiger charge is 2.08. The Morgan fingerprint density at radius 2 is 2.25 bits per heavy atom. The van der Waals surface area contributed by atoms with Crippen molar-refractivity contribution >= 4 is 40.8 Å². The Kier molecular flexibility index (Phi) is 3.66. The van der Waals surface area contributed by atoms with Gasteiger partial charge in [0, 0.05) is 28.1 Å². The van der Waals surface area contributed by atoms with E-state index >= 15 is 0 Å². The van der Waals surface area contributed by atoms with Crippen molar-refractivity contribution in [3.8, 4) is 0 Å². The van der Waals surface area contributed by atoms with E-state index in [9.17, 15) is 4.79 Å². The molecule has 2 heterocycles. The summed E-state index contributed by atoms with van der Waals surface area (Å²) in [5.41, 5.74) is 1.33. The number of nitrogens with one attached hydrogen (secondary N) is 1. The van der Waals surface area contributed by atoms with E-state index in [0.29, 0.717) is 12.1 Å². The first-order chi connectivity index (χ1) is 9.74. The Balaban J connectivity index is 1.81. The zero-order valence-corrected chi connectivity index (χ0v) is 12.1. The Bertz CT molecular complexity index is 756. The van der Waals surface area contributed by atoms with E-state index in [-0.39, 0.29) is 5.91 Å². The third-order valence-electron chi connectivity index (χ3n) is 2.84. The third-order valence-corrected chi connectivity index (χ3v) is 3.98. The van der Waals surface area contributed by atoms with Gasteiger partial charge in [0.1, 0.15) is 5.01 Å². The number of carbonyl (C=O) groups is 1. The number of fused-ring (bicyclic) bond motifs is 1. The van der Waals surface area contributed by atoms with Gasteiger partial charge in [-0.05, 0) is 12.1 Å². The fraction of sp³-hybridized carbons (Fsp3) is 0.0714. The minimum atomic E-state index is -0.154. The van der Waals surface area contributed by atoms with E-state index in [0.717, 1.165) is 20.8 Å². The average molecular weight is 301 g/mol. The standard InChI is InChI=1S/C14H11N3OS2/c18-14(17-8-12-15-4-5-20-12)10-6-9-2-1-3-11(19)13(9)16-7-10/h1-7,19H,8H2,(H,17,18). The summed E-state index contributed by atoms with van der Waals surface area (Å²) in [4.78, 5) is 21.3. The first-order valence-corrected chi connectivity index (χ1v) is 7.31. The van der Waals surface area contributed by atoms with Crippen molar-refractivity contribution in [2.45, 2.75) is 11.4 Å². The Hall–Kier alpha value is -1.92. The second-order valence-electron chi connectivity index (χ2n) is 4.18. The molecule has 100 valence electrons. The molecule has 2 aromatic heterocycles. The van der Waals surface area contributed by atoms with Crippen LogP contribution in [0.2, 0.25) is 0 Å². The predicted molar refractivity (Wildman–Crippen MR) is 82.3 cm³/mol. The molecular weight excluding hydrogens is 290 g/mol. The van der Waals surface area contributed by atoms with Crippen LogP contribution in [0.1, 0.15) is 15.4 Å². The van der Waals surface area contributed by atoms with Crippen LogP contribution in [0, 0.1) is 0 Å². The normalized spacial score (nSPS) is 10.7. The van der Waals surface area contributed by atoms with Crippen LogP contribution in [-0.2, 0) is 6.54 Å². The SMILES string of the molecule is O=C(NCc1nccs1)c1cnc2c(S)cccc2c1. The highest BCUT2D eigenvalue weighted by atomic mass is 32.1. The number of thiazole rings is 1. The summed E-state index contributed by atoms with van der Waals surface area (Å²) >= 11 is 5.86. The van der Waals surface area contributed by atoms with E-state index in [2.05, 4.69) is 27.9 Å². The molecule has 0 atom stereocenters. The molecule has 0 spiro atoms. The molecule has 0 aliphatic rings. The number of nitrogens with zero attached hydrogens (tertiary/aromatic N) is 2. The molecule has 0 bridgehead atoms. The van der Waals surface area contributed by atoms with Crippen molar-refractivity contribution in [2.24, 2.45) is 0 Å². The van der Waals surface area contributed by atoms with E-state index in [1.807, 2.05) is 29.6 Å². The van der Waals surface area contributed by atoms with Crippen molar-refractivity contribution in [3.05, 3.63) is 52.6 Å². The highest BCUT2D eigenvalue weighted by molar-refractivity contribution is 7.80. The summed E-state index contributed by atoms with van der Waals surface area (Å²) in [7, 11) is 0. The molecule has 1 aromatic carbocycles. The highest BCUT2D eigenvalue weighted by Crippen LogP contribution is 2.20. The fourth-order valence-corrected chi connectivity index (χ4v) is 2.70. The van der Waals surface area contributed by atoms with Gasteiger partial charge in [0.2, 0.25) is 0 Å². The van der Waals surface area contributed by atoms with E-state index in [1.54, 1.807) is 12.4 Å². The van der Waals surface area contributed by atoms with Crippen molar-refractivity contribution in [1.29, 1.82) is 0 Å². The first-order valence-electron chi connectivity index (χ1n) is 5.98. The molecule has 20 heavy (non-hydrogen) atoms. The first kappa shape index (κ1) is 13.1. The van der Waals surface area contributed by atoms with Gasteiger partial charge in [-0.15, -0.1) is 24.0 Å². The zero-order valence-electron chi connectivity index (χ0n) is 10.4. The van der Waals surface area contributed by atoms with E-state index in [1.165, 1.54) is 11.3 Å². The molecule has 1 N–H and O–H groups in total. The lowest BCUT2D eigenvalue weighted by Gasteiger charge is -2.05. The lowest BCUT2D eigenvalue weighted by atomic mass is 10.1. The van der Waals surface area contributed by atoms with Gasteiger partial charge in [0.15, 0.2) is 0 Å². The summed E-state index contributed by atoms with van der Waals surface area (Å²) in [6.45, 7) is 0.432. The minimum absolute atomic E-state index is 0.154. The number of pyridine rings is 1. The van der Waals surface area contributed by atoms with Gasteiger partial charge < -0.3 is 5.32 Å². The number of aromatic nitrogens is 2. The lowest BCUT2D eigenvalue weighted by Crippen LogP contribution is -2.22. The van der Waals surface area contributed by atoms with Crippen LogP contribution in [0.15, 0.2) is 46.9 Å². The summed E-state index contributed by atoms with van der Waals surface area (Å²) in [5.74, 6) is -0.154. The quantitative estimate of drug-likeness (QED) is 0.731. The van der Waals surface area contributed by atoms with Crippen LogP contribution >= 0.6 is 24.0 Å². The number of rotatable bonds is 3. The van der Waals surface area contributed by atoms with Gasteiger partial charge in [-0.3, -0.25) is 9.78 Å². The molecule has 0 aliphatic carbocycles. The average Bonchev–Trinajstić information content (AvgIpc) is 2.98. The predicted octanol–water partition coefficient (Wildman–Crippen LogP) is 2.91. The molecule has 0 saturated carbocycles. The van der Waals surface area contributed by atoms with E-state index < -0.39 is 0 Å². The van der Waals surface area contributed by atoms with Crippen molar-refractivity contribution in [3.63, 3.8) is 0 Å². The molecular formula is C14H11N3OS2. The molecule has 0 fully saturated rings. The molecule has 0 radical (unpaired) electrons. The summed E-state index contributed by atoms with van der Waals surface area (Å²) in [6, 6.07) is 7.50. The Labute approximate surface area is 125 Å². The van der Waals surface area contributed by atoms with Gasteiger partial charge >= 0.3 is 0 Å². The van der Waals surface area contributed by atoms with Crippen LogP contribution in [0.3, 0.4) is 0 Å². The Morgan fingerprint density at radius 3 is 3.05 bits per heavy atom. The summed E-state index contributed by atoms with van der Waals surface area (Å²) < 4.78 is 0. The maximum atomic E-state index is 12.1. The van der Waals surface area contributed by atoms with Crippen LogP contribution in [-0.4, -0.2) is 15.9 Å². The van der Waals surface area contributed by atoms with Crippen LogP contribution in [0.25, 0.3) is 10.9 Å². The van der Waals surface area contributed by atoms with Gasteiger partial charge in [-0.2, -0.15) is 0 Å². The maximum Gasteiger partial charge on any atom is 0.253 e. The maximum absolute atomic E-state index is 12.1. The van der Waals surface area contributed by atoms with Gasteiger partial charge in [-0.1, -0.05) is 12.1 Å². The monoisotopic (exact) mass is 301 g/mol. The van der Waals surface area contributed by atoms with Gasteiger partial charge in [0.05, 0.1) is 17.6 Å². The smallest absolute Gasteiger partial charge is 0.253 e. The second kappa shape index (κ2) is 5.60. The number of carbonyl (C=O) groups excluding carboxylic acids is 1. The number of benzene rings is 1. The molecule has 1 amide bonds. The largest absolute Gasteiger partial charge is 0.345 e. The topological polar surface area (TPSA) is 54.9 Å². The second-order valence-corrected chi connectivity index (χ2v) is 5.64. The molecule has 4 nitrogen and oxygen atoms in total. The number of hydrogen-bond donors (Lipinski definition) is 2. The third kappa shape index (κ3) is 2.66. The Morgan fingerprint density at radius 1 is 1.35 bits per heavy atom. The summed E-state index contributed by atoms with van der Waals surface area (Å²) in [6.07, 6.45) is 3.29. The lowest BCUT2D eigenvalue weighted by molar-refractivity contribution is 0.0950. The zero-order chi connectivity index (χ0) is 13.9. The van der Waals surface area contributed by atoms with Crippen LogP contribution in [0.4, 0.5) is 0 Å². The molecule has 0 aliphatic heterocycles. The summed E-state index contributed by atoms with van der Waals surface area (Å²) in [5, 5.41) is 6.49. The number of thiol groups is 1. The minimum Gasteiger partial charge on any atom is -0.345 e. The van der Waals surface area contributed by atoms with Crippen molar-refractivity contribution < 1.29 is 4.79 Å². The van der Waals surface area contributed by atoms with Crippen molar-refractivity contribution in [1.82, 2.24) is 15.3 Å². The van der Waals surface area contributed by atoms with Crippen LogP contribution in [0.5, 0.6) is 0 Å². The molecule has 3 aromatic rings. The van der Waals surface area contributed by atoms with Crippen LogP contribution < -0.4 is 5.32 Å². The van der Waals surface area contributed by atoms with Crippen molar-refractivity contribution in [2.75, 3.05) is 0 Å². The molecule has 6 heteroatoms. The number of amides is 1. The molecule has 0 saturated heterocycles. The van der Waals surface area contributed by atoms with Gasteiger partial charge in [0.25, 0.3) is 5.91 Å². The number of hydrogen-bond acceptors (Lipinski definition) is 5.